The third-order valence-corrected chi connectivity index (χ3v) is 2.75. The SMILES string of the molecule is CC(C)COc1ncnc2c1N(C(=O)C(F)(F)F)CC2. The molecule has 1 aliphatic heterocycles. The molecular weight excluding hydrogens is 275 g/mol. The summed E-state index contributed by atoms with van der Waals surface area (Å²) in [4.78, 5) is 19.8. The van der Waals surface area contributed by atoms with E-state index >= 15 is 0 Å². The van der Waals surface area contributed by atoms with Crippen molar-refractivity contribution in [3.63, 3.8) is 0 Å². The molecule has 2 rings (SSSR count). The maximum Gasteiger partial charge on any atom is 0.471 e. The highest BCUT2D eigenvalue weighted by atomic mass is 19.4. The molecule has 0 aromatic carbocycles. The van der Waals surface area contributed by atoms with Crippen LogP contribution in [0.5, 0.6) is 5.88 Å². The van der Waals surface area contributed by atoms with Gasteiger partial charge in [0.25, 0.3) is 0 Å². The Hall–Kier alpha value is -1.86. The molecule has 0 saturated heterocycles. The molecule has 5 nitrogen and oxygen atoms in total. The second kappa shape index (κ2) is 5.26. The molecule has 0 bridgehead atoms. The maximum atomic E-state index is 12.6. The normalized spacial score (nSPS) is 14.6. The van der Waals surface area contributed by atoms with Gasteiger partial charge in [-0.1, -0.05) is 13.8 Å². The zero-order chi connectivity index (χ0) is 14.9. The smallest absolute Gasteiger partial charge is 0.471 e. The molecule has 20 heavy (non-hydrogen) atoms. The van der Waals surface area contributed by atoms with Gasteiger partial charge in [-0.3, -0.25) is 9.69 Å². The molecular formula is C12H14F3N3O2. The molecule has 0 N–H and O–H groups in total. The molecule has 0 unspecified atom stereocenters. The number of rotatable bonds is 3. The predicted molar refractivity (Wildman–Crippen MR) is 64.5 cm³/mol. The van der Waals surface area contributed by atoms with E-state index in [0.29, 0.717) is 17.2 Å². The lowest BCUT2D eigenvalue weighted by Crippen LogP contribution is -2.40. The Labute approximate surface area is 113 Å². The average Bonchev–Trinajstić information content (AvgIpc) is 2.78. The van der Waals surface area contributed by atoms with Crippen LogP contribution in [0.15, 0.2) is 6.33 Å². The minimum absolute atomic E-state index is 0.0267. The van der Waals surface area contributed by atoms with Crippen molar-refractivity contribution in [3.8, 4) is 5.88 Å². The zero-order valence-electron chi connectivity index (χ0n) is 11.1. The van der Waals surface area contributed by atoms with Crippen molar-refractivity contribution in [1.29, 1.82) is 0 Å². The maximum absolute atomic E-state index is 12.6. The molecule has 110 valence electrons. The third-order valence-electron chi connectivity index (χ3n) is 2.75. The van der Waals surface area contributed by atoms with E-state index in [2.05, 4.69) is 9.97 Å². The van der Waals surface area contributed by atoms with E-state index in [-0.39, 0.29) is 30.5 Å². The number of nitrogens with zero attached hydrogens (tertiary/aromatic N) is 3. The van der Waals surface area contributed by atoms with Gasteiger partial charge in [-0.15, -0.1) is 0 Å². The Morgan fingerprint density at radius 3 is 2.75 bits per heavy atom. The molecule has 0 radical (unpaired) electrons. The van der Waals surface area contributed by atoms with Gasteiger partial charge in [0.1, 0.15) is 12.0 Å². The van der Waals surface area contributed by atoms with Crippen LogP contribution in [-0.4, -0.2) is 35.2 Å². The number of amides is 1. The lowest BCUT2D eigenvalue weighted by Gasteiger charge is -2.20. The van der Waals surface area contributed by atoms with Crippen LogP contribution < -0.4 is 9.64 Å². The number of aromatic nitrogens is 2. The molecule has 8 heteroatoms. The monoisotopic (exact) mass is 289 g/mol. The molecule has 1 aromatic rings. The van der Waals surface area contributed by atoms with Gasteiger partial charge >= 0.3 is 12.1 Å². The predicted octanol–water partition coefficient (Wildman–Crippen LogP) is 1.96. The number of carbonyl (C=O) groups excluding carboxylic acids is 1. The second-order valence-electron chi connectivity index (χ2n) is 4.88. The standard InChI is InChI=1S/C12H14F3N3O2/c1-7(2)5-20-10-9-8(16-6-17-10)3-4-18(9)11(19)12(13,14)15/h6-7H,3-5H2,1-2H3. The highest BCUT2D eigenvalue weighted by molar-refractivity contribution is 5.99. The van der Waals surface area contributed by atoms with Gasteiger partial charge in [0.05, 0.1) is 12.3 Å². The average molecular weight is 289 g/mol. The van der Waals surface area contributed by atoms with Crippen molar-refractivity contribution >= 4 is 11.6 Å². The lowest BCUT2D eigenvalue weighted by atomic mass is 10.2. The zero-order valence-corrected chi connectivity index (χ0v) is 11.1. The Kier molecular flexibility index (Phi) is 3.82. The summed E-state index contributed by atoms with van der Waals surface area (Å²) in [7, 11) is 0. The Morgan fingerprint density at radius 1 is 1.45 bits per heavy atom. The molecule has 1 amide bonds. The fraction of sp³-hybridized carbons (Fsp3) is 0.583. The van der Waals surface area contributed by atoms with Crippen LogP contribution in [0, 0.1) is 5.92 Å². The van der Waals surface area contributed by atoms with E-state index in [1.165, 1.54) is 6.33 Å². The third kappa shape index (κ3) is 2.83. The van der Waals surface area contributed by atoms with Gasteiger partial charge in [0.2, 0.25) is 5.88 Å². The largest absolute Gasteiger partial charge is 0.476 e. The number of halogens is 3. The summed E-state index contributed by atoms with van der Waals surface area (Å²) in [5, 5.41) is 0. The fourth-order valence-corrected chi connectivity index (χ4v) is 1.89. The number of ether oxygens (including phenoxy) is 1. The summed E-state index contributed by atoms with van der Waals surface area (Å²) in [5.41, 5.74) is 0.437. The van der Waals surface area contributed by atoms with Crippen molar-refractivity contribution in [2.75, 3.05) is 18.1 Å². The van der Waals surface area contributed by atoms with Gasteiger partial charge in [-0.2, -0.15) is 18.2 Å². The quantitative estimate of drug-likeness (QED) is 0.853. The number of hydrogen-bond donors (Lipinski definition) is 0. The summed E-state index contributed by atoms with van der Waals surface area (Å²) < 4.78 is 43.1. The van der Waals surface area contributed by atoms with Crippen LogP contribution in [0.25, 0.3) is 0 Å². The van der Waals surface area contributed by atoms with Crippen LogP contribution >= 0.6 is 0 Å². The van der Waals surface area contributed by atoms with Crippen LogP contribution in [-0.2, 0) is 11.2 Å². The molecule has 0 aliphatic carbocycles. The van der Waals surface area contributed by atoms with E-state index in [1.54, 1.807) is 0 Å². The minimum Gasteiger partial charge on any atom is -0.476 e. The highest BCUT2D eigenvalue weighted by Crippen LogP contribution is 2.36. The van der Waals surface area contributed by atoms with Crippen LogP contribution in [0.1, 0.15) is 19.5 Å². The molecule has 1 aliphatic rings. The van der Waals surface area contributed by atoms with Gasteiger partial charge in [-0.25, -0.2) is 4.98 Å². The van der Waals surface area contributed by atoms with Crippen LogP contribution in [0.3, 0.4) is 0 Å². The van der Waals surface area contributed by atoms with E-state index in [0.717, 1.165) is 0 Å². The van der Waals surface area contributed by atoms with Crippen molar-refractivity contribution in [3.05, 3.63) is 12.0 Å². The van der Waals surface area contributed by atoms with Crippen LogP contribution in [0.4, 0.5) is 18.9 Å². The molecule has 0 fully saturated rings. The summed E-state index contributed by atoms with van der Waals surface area (Å²) in [6.07, 6.45) is -3.43. The summed E-state index contributed by atoms with van der Waals surface area (Å²) in [6, 6.07) is 0. The molecule has 1 aromatic heterocycles. The van der Waals surface area contributed by atoms with Crippen molar-refractivity contribution < 1.29 is 22.7 Å². The van der Waals surface area contributed by atoms with Gasteiger partial charge in [0, 0.05) is 13.0 Å². The topological polar surface area (TPSA) is 55.3 Å². The highest BCUT2D eigenvalue weighted by Gasteiger charge is 2.46. The first-order chi connectivity index (χ1) is 9.30. The number of hydrogen-bond acceptors (Lipinski definition) is 4. The Bertz CT molecular complexity index is 517. The number of anilines is 1. The van der Waals surface area contributed by atoms with Crippen molar-refractivity contribution in [2.45, 2.75) is 26.4 Å². The minimum atomic E-state index is -4.92. The van der Waals surface area contributed by atoms with E-state index < -0.39 is 12.1 Å². The van der Waals surface area contributed by atoms with E-state index in [1.807, 2.05) is 13.8 Å². The fourth-order valence-electron chi connectivity index (χ4n) is 1.89. The molecule has 0 spiro atoms. The Morgan fingerprint density at radius 2 is 2.15 bits per heavy atom. The van der Waals surface area contributed by atoms with E-state index in [4.69, 9.17) is 4.74 Å². The van der Waals surface area contributed by atoms with E-state index in [9.17, 15) is 18.0 Å². The first-order valence-electron chi connectivity index (χ1n) is 6.16. The van der Waals surface area contributed by atoms with Gasteiger partial charge in [0.15, 0.2) is 0 Å². The van der Waals surface area contributed by atoms with Gasteiger partial charge < -0.3 is 4.74 Å². The Balaban J connectivity index is 2.31. The molecule has 2 heterocycles. The van der Waals surface area contributed by atoms with Crippen LogP contribution in [0.2, 0.25) is 0 Å². The van der Waals surface area contributed by atoms with Gasteiger partial charge in [-0.05, 0) is 5.92 Å². The van der Waals surface area contributed by atoms with Crippen molar-refractivity contribution in [2.24, 2.45) is 5.92 Å². The number of fused-ring (bicyclic) bond motifs is 1. The summed E-state index contributed by atoms with van der Waals surface area (Å²) in [5.74, 6) is -1.70. The molecule has 0 atom stereocenters. The number of carbonyl (C=O) groups is 1. The first-order valence-corrected chi connectivity index (χ1v) is 6.16. The van der Waals surface area contributed by atoms with Crippen molar-refractivity contribution in [1.82, 2.24) is 9.97 Å². The number of alkyl halides is 3. The summed E-state index contributed by atoms with van der Waals surface area (Å²) in [6.45, 7) is 4.04. The first kappa shape index (κ1) is 14.5. The second-order valence-corrected chi connectivity index (χ2v) is 4.88. The lowest BCUT2D eigenvalue weighted by molar-refractivity contribution is -0.170. The molecule has 0 saturated carbocycles. The summed E-state index contributed by atoms with van der Waals surface area (Å²) >= 11 is 0.